The van der Waals surface area contributed by atoms with E-state index in [9.17, 15) is 19.5 Å². The molecule has 3 heterocycles. The molecule has 0 aliphatic carbocycles. The number of nitrogens with one attached hydrogen (secondary N) is 1. The second kappa shape index (κ2) is 15.6. The van der Waals surface area contributed by atoms with Crippen LogP contribution in [-0.2, 0) is 38.1 Å². The van der Waals surface area contributed by atoms with Gasteiger partial charge in [-0.05, 0) is 59.0 Å². The summed E-state index contributed by atoms with van der Waals surface area (Å²) in [6.45, 7) is 11.7. The third kappa shape index (κ3) is 10.2. The molecule has 3 fully saturated rings. The Labute approximate surface area is 249 Å². The molecule has 0 saturated carbocycles. The van der Waals surface area contributed by atoms with E-state index >= 15 is 0 Å². The first-order chi connectivity index (χ1) is 19.9. The maximum absolute atomic E-state index is 12.4. The van der Waals surface area contributed by atoms with E-state index in [-0.39, 0.29) is 42.1 Å². The molecular weight excluding hydrogens is 542 g/mol. The van der Waals surface area contributed by atoms with E-state index in [4.69, 9.17) is 23.7 Å². The summed E-state index contributed by atoms with van der Waals surface area (Å²) >= 11 is 0. The van der Waals surface area contributed by atoms with Crippen molar-refractivity contribution in [3.8, 4) is 0 Å². The van der Waals surface area contributed by atoms with Gasteiger partial charge in [-0.25, -0.2) is 4.79 Å². The Morgan fingerprint density at radius 1 is 1.12 bits per heavy atom. The van der Waals surface area contributed by atoms with Crippen molar-refractivity contribution in [3.05, 3.63) is 48.1 Å². The molecule has 10 nitrogen and oxygen atoms in total. The lowest BCUT2D eigenvalue weighted by Gasteiger charge is -2.39. The topological polar surface area (TPSA) is 133 Å². The average Bonchev–Trinajstić information content (AvgIpc) is 3.69. The summed E-state index contributed by atoms with van der Waals surface area (Å²) in [5.41, 5.74) is 0.434. The van der Waals surface area contributed by atoms with Gasteiger partial charge in [-0.3, -0.25) is 9.59 Å². The van der Waals surface area contributed by atoms with Crippen molar-refractivity contribution in [2.24, 2.45) is 5.92 Å². The quantitative estimate of drug-likeness (QED) is 0.152. The summed E-state index contributed by atoms with van der Waals surface area (Å²) in [7, 11) is 0. The minimum absolute atomic E-state index is 0.00579. The summed E-state index contributed by atoms with van der Waals surface area (Å²) in [4.78, 5) is 35.0. The molecule has 0 aromatic rings. The van der Waals surface area contributed by atoms with Crippen molar-refractivity contribution >= 4 is 17.8 Å². The number of ether oxygens (including phenoxy) is 5. The molecule has 1 amide bonds. The molecule has 2 N–H and O–H groups in total. The number of hydrogen-bond acceptors (Lipinski definition) is 9. The Morgan fingerprint density at radius 3 is 2.52 bits per heavy atom. The maximum atomic E-state index is 12.4. The summed E-state index contributed by atoms with van der Waals surface area (Å²) in [5.74, 6) is -0.798. The minimum Gasteiger partial charge on any atom is -0.463 e. The van der Waals surface area contributed by atoms with Crippen LogP contribution in [0.3, 0.4) is 0 Å². The number of esters is 2. The Balaban J connectivity index is 1.49. The summed E-state index contributed by atoms with van der Waals surface area (Å²) in [5, 5.41) is 13.9. The first kappa shape index (κ1) is 33.7. The van der Waals surface area contributed by atoms with Crippen molar-refractivity contribution in [2.45, 2.75) is 115 Å². The minimum atomic E-state index is -0.763. The Bertz CT molecular complexity index is 1060. The number of carbonyl (C=O) groups is 3. The van der Waals surface area contributed by atoms with Gasteiger partial charge in [0, 0.05) is 25.5 Å². The third-order valence-corrected chi connectivity index (χ3v) is 7.86. The molecule has 3 aliphatic rings. The van der Waals surface area contributed by atoms with E-state index in [0.29, 0.717) is 32.5 Å². The molecule has 0 unspecified atom stereocenters. The van der Waals surface area contributed by atoms with Gasteiger partial charge in [0.15, 0.2) is 0 Å². The fourth-order valence-electron chi connectivity index (χ4n) is 5.41. The van der Waals surface area contributed by atoms with Crippen LogP contribution in [0.4, 0.5) is 0 Å². The molecule has 3 aliphatic heterocycles. The number of aliphatic hydroxyl groups is 1. The van der Waals surface area contributed by atoms with Crippen LogP contribution in [0.5, 0.6) is 0 Å². The number of epoxide rings is 1. The van der Waals surface area contributed by atoms with Crippen LogP contribution < -0.4 is 5.32 Å². The predicted molar refractivity (Wildman–Crippen MR) is 156 cm³/mol. The van der Waals surface area contributed by atoms with Gasteiger partial charge in [-0.15, -0.1) is 0 Å². The fraction of sp³-hybridized carbons (Fsp3) is 0.656. The van der Waals surface area contributed by atoms with Gasteiger partial charge < -0.3 is 34.1 Å². The molecule has 1 spiro atoms. The molecule has 9 atom stereocenters. The van der Waals surface area contributed by atoms with Crippen molar-refractivity contribution in [1.29, 1.82) is 0 Å². The van der Waals surface area contributed by atoms with E-state index in [1.54, 1.807) is 26.0 Å². The highest BCUT2D eigenvalue weighted by atomic mass is 16.6. The second-order valence-electron chi connectivity index (χ2n) is 11.5. The first-order valence-corrected chi connectivity index (χ1v) is 14.9. The molecular formula is C32H47NO9. The fourth-order valence-corrected chi connectivity index (χ4v) is 5.41. The number of aliphatic hydroxyl groups excluding tert-OH is 1. The second-order valence-corrected chi connectivity index (χ2v) is 11.5. The van der Waals surface area contributed by atoms with Gasteiger partial charge >= 0.3 is 11.9 Å². The molecule has 0 bridgehead atoms. The summed E-state index contributed by atoms with van der Waals surface area (Å²) in [6.07, 6.45) is 12.5. The molecule has 3 saturated heterocycles. The Kier molecular flexibility index (Phi) is 12.5. The SMILES string of the molecule is CCOC(=O)/C=C/C[C@@H]1C[C@@]2(CO2)[C@H](O)[C@@H](/C=C/C(C)=C/C[C@@H]2O[C@H](C)[C@H](NC(=O)/C=C\[C@H](C)OC(C)=O)C[C@@H]2C)O1. The van der Waals surface area contributed by atoms with Crippen LogP contribution in [0.1, 0.15) is 67.2 Å². The Morgan fingerprint density at radius 2 is 1.86 bits per heavy atom. The van der Waals surface area contributed by atoms with Gasteiger partial charge in [-0.1, -0.05) is 36.8 Å². The number of rotatable bonds is 12. The van der Waals surface area contributed by atoms with Gasteiger partial charge in [0.2, 0.25) is 5.91 Å². The van der Waals surface area contributed by atoms with Gasteiger partial charge in [-0.2, -0.15) is 0 Å². The molecule has 0 aromatic carbocycles. The summed E-state index contributed by atoms with van der Waals surface area (Å²) in [6, 6.07) is -0.121. The van der Waals surface area contributed by atoms with Gasteiger partial charge in [0.1, 0.15) is 23.9 Å². The lowest BCUT2D eigenvalue weighted by molar-refractivity contribution is -0.143. The summed E-state index contributed by atoms with van der Waals surface area (Å²) < 4.78 is 28.0. The first-order valence-electron chi connectivity index (χ1n) is 14.9. The van der Waals surface area contributed by atoms with E-state index in [0.717, 1.165) is 12.0 Å². The van der Waals surface area contributed by atoms with E-state index in [2.05, 4.69) is 18.3 Å². The third-order valence-electron chi connectivity index (χ3n) is 7.86. The normalized spacial score (nSPS) is 34.2. The molecule has 0 radical (unpaired) electrons. The van der Waals surface area contributed by atoms with Crippen LogP contribution >= 0.6 is 0 Å². The van der Waals surface area contributed by atoms with E-state index in [1.807, 2.05) is 26.0 Å². The van der Waals surface area contributed by atoms with Crippen molar-refractivity contribution < 1.29 is 43.2 Å². The number of carbonyl (C=O) groups excluding carboxylic acids is 3. The number of allylic oxidation sites excluding steroid dienone is 2. The van der Waals surface area contributed by atoms with Crippen molar-refractivity contribution in [1.82, 2.24) is 5.32 Å². The maximum Gasteiger partial charge on any atom is 0.330 e. The van der Waals surface area contributed by atoms with Crippen molar-refractivity contribution in [3.63, 3.8) is 0 Å². The molecule has 3 rings (SSSR count). The molecule has 0 aromatic heterocycles. The molecule has 234 valence electrons. The standard InChI is InChI=1S/C32H47NO9/c1-7-38-30(36)10-8-9-25-18-32(19-39-32)31(37)28(42-25)15-12-20(2)11-14-27-21(3)17-26(23(5)41-27)33-29(35)16-13-22(4)40-24(6)34/h8,10-13,15-16,21-23,25-28,31,37H,7,9,14,17-19H2,1-6H3,(H,33,35)/b10-8+,15-12+,16-13-,20-11+/t21-,22-,23+,25+,26+,27-,28+,31+,32+/m0/s1. The lowest BCUT2D eigenvalue weighted by atomic mass is 9.87. The van der Waals surface area contributed by atoms with Crippen LogP contribution in [0.25, 0.3) is 0 Å². The number of amides is 1. The van der Waals surface area contributed by atoms with E-state index < -0.39 is 29.9 Å². The largest absolute Gasteiger partial charge is 0.463 e. The van der Waals surface area contributed by atoms with Gasteiger partial charge in [0.05, 0.1) is 37.6 Å². The van der Waals surface area contributed by atoms with Crippen LogP contribution in [0.2, 0.25) is 0 Å². The smallest absolute Gasteiger partial charge is 0.330 e. The predicted octanol–water partition coefficient (Wildman–Crippen LogP) is 3.48. The van der Waals surface area contributed by atoms with Gasteiger partial charge in [0.25, 0.3) is 0 Å². The van der Waals surface area contributed by atoms with E-state index in [1.165, 1.54) is 19.1 Å². The highest BCUT2D eigenvalue weighted by Crippen LogP contribution is 2.43. The zero-order chi connectivity index (χ0) is 30.9. The average molecular weight is 590 g/mol. The lowest BCUT2D eigenvalue weighted by Crippen LogP contribution is -2.50. The highest BCUT2D eigenvalue weighted by molar-refractivity contribution is 5.87. The van der Waals surface area contributed by atoms with Crippen LogP contribution in [0, 0.1) is 5.92 Å². The monoisotopic (exact) mass is 589 g/mol. The molecule has 42 heavy (non-hydrogen) atoms. The zero-order valence-corrected chi connectivity index (χ0v) is 25.6. The highest BCUT2D eigenvalue weighted by Gasteiger charge is 2.58. The number of hydrogen-bond donors (Lipinski definition) is 2. The Hall–Kier alpha value is -2.79. The van der Waals surface area contributed by atoms with Crippen molar-refractivity contribution in [2.75, 3.05) is 13.2 Å². The molecule has 10 heteroatoms. The van der Waals surface area contributed by atoms with Crippen LogP contribution in [0.15, 0.2) is 48.1 Å². The van der Waals surface area contributed by atoms with Crippen LogP contribution in [-0.4, -0.2) is 84.4 Å². The zero-order valence-electron chi connectivity index (χ0n) is 25.6.